The lowest BCUT2D eigenvalue weighted by Crippen LogP contribution is -2.33. The van der Waals surface area contributed by atoms with Crippen LogP contribution in [0.15, 0.2) is 11.1 Å². The van der Waals surface area contributed by atoms with Gasteiger partial charge in [0.05, 0.1) is 18.1 Å². The van der Waals surface area contributed by atoms with Crippen molar-refractivity contribution in [2.75, 3.05) is 32.8 Å². The Bertz CT molecular complexity index is 390. The van der Waals surface area contributed by atoms with E-state index in [1.807, 2.05) is 6.20 Å². The number of nitrogens with zero attached hydrogens (tertiary/aromatic N) is 2. The third-order valence-corrected chi connectivity index (χ3v) is 4.51. The molecule has 2 aliphatic heterocycles. The third kappa shape index (κ3) is 3.94. The molecule has 4 nitrogen and oxygen atoms in total. The molecule has 0 radical (unpaired) electrons. The Morgan fingerprint density at radius 2 is 2.11 bits per heavy atom. The summed E-state index contributed by atoms with van der Waals surface area (Å²) in [5, 5.41) is 0. The van der Waals surface area contributed by atoms with Crippen molar-refractivity contribution in [2.24, 2.45) is 5.92 Å². The van der Waals surface area contributed by atoms with E-state index in [0.29, 0.717) is 10.2 Å². The van der Waals surface area contributed by atoms with Gasteiger partial charge in [0.2, 0.25) is 0 Å². The number of thiocarbonyl (C=S) groups is 1. The maximum Gasteiger partial charge on any atom is 0.267 e. The lowest BCUT2D eigenvalue weighted by molar-refractivity contribution is -0.122. The zero-order chi connectivity index (χ0) is 13.8. The normalized spacial score (nSPS) is 23.0. The Kier molecular flexibility index (Phi) is 5.24. The molecule has 106 valence electrons. The van der Waals surface area contributed by atoms with E-state index in [0.717, 1.165) is 44.2 Å². The van der Waals surface area contributed by atoms with E-state index < -0.39 is 0 Å². The largest absolute Gasteiger partial charge is 0.378 e. The first-order chi connectivity index (χ1) is 9.08. The molecule has 0 unspecified atom stereocenters. The van der Waals surface area contributed by atoms with Crippen molar-refractivity contribution in [3.8, 4) is 0 Å². The second kappa shape index (κ2) is 6.72. The fourth-order valence-electron chi connectivity index (χ4n) is 1.94. The summed E-state index contributed by atoms with van der Waals surface area (Å²) in [6.07, 6.45) is 2.93. The van der Waals surface area contributed by atoms with Crippen LogP contribution in [0.3, 0.4) is 0 Å². The highest BCUT2D eigenvalue weighted by Crippen LogP contribution is 2.31. The number of thioether (sulfide) groups is 1. The Morgan fingerprint density at radius 1 is 1.42 bits per heavy atom. The van der Waals surface area contributed by atoms with Crippen LogP contribution >= 0.6 is 24.0 Å². The minimum atomic E-state index is 0.0575. The van der Waals surface area contributed by atoms with Crippen molar-refractivity contribution in [3.05, 3.63) is 11.1 Å². The third-order valence-electron chi connectivity index (χ3n) is 3.15. The number of morpholine rings is 1. The van der Waals surface area contributed by atoms with Crippen molar-refractivity contribution >= 4 is 34.2 Å². The Labute approximate surface area is 124 Å². The molecule has 2 fully saturated rings. The number of amides is 1. The summed E-state index contributed by atoms with van der Waals surface area (Å²) in [5.74, 6) is 0.634. The van der Waals surface area contributed by atoms with Crippen molar-refractivity contribution in [2.45, 2.75) is 20.3 Å². The minimum absolute atomic E-state index is 0.0575. The first-order valence-electron chi connectivity index (χ1n) is 6.65. The maximum absolute atomic E-state index is 12.3. The van der Waals surface area contributed by atoms with Gasteiger partial charge < -0.3 is 9.64 Å². The molecule has 0 atom stereocenters. The minimum Gasteiger partial charge on any atom is -0.378 e. The SMILES string of the molecule is CC(C)CCN1C(=O)/C(=C/N2CCOCC2)SC1=S. The van der Waals surface area contributed by atoms with E-state index in [2.05, 4.69) is 18.7 Å². The van der Waals surface area contributed by atoms with E-state index >= 15 is 0 Å². The first-order valence-corrected chi connectivity index (χ1v) is 7.87. The van der Waals surface area contributed by atoms with Crippen LogP contribution in [0, 0.1) is 5.92 Å². The van der Waals surface area contributed by atoms with Crippen LogP contribution in [-0.2, 0) is 9.53 Å². The van der Waals surface area contributed by atoms with Gasteiger partial charge in [0.25, 0.3) is 5.91 Å². The van der Waals surface area contributed by atoms with Crippen LogP contribution in [-0.4, -0.2) is 52.9 Å². The number of hydrogen-bond acceptors (Lipinski definition) is 5. The Balaban J connectivity index is 1.98. The molecule has 2 aliphatic rings. The molecule has 2 rings (SSSR count). The van der Waals surface area contributed by atoms with Gasteiger partial charge in [-0.05, 0) is 12.3 Å². The number of carbonyl (C=O) groups is 1. The summed E-state index contributed by atoms with van der Waals surface area (Å²) in [6.45, 7) is 8.17. The van der Waals surface area contributed by atoms with E-state index in [4.69, 9.17) is 17.0 Å². The van der Waals surface area contributed by atoms with Gasteiger partial charge >= 0.3 is 0 Å². The molecule has 2 saturated heterocycles. The molecule has 19 heavy (non-hydrogen) atoms. The predicted molar refractivity (Wildman–Crippen MR) is 81.8 cm³/mol. The van der Waals surface area contributed by atoms with Crippen molar-refractivity contribution in [3.63, 3.8) is 0 Å². The fraction of sp³-hybridized carbons (Fsp3) is 0.692. The lowest BCUT2D eigenvalue weighted by atomic mass is 10.1. The van der Waals surface area contributed by atoms with E-state index in [1.165, 1.54) is 11.8 Å². The molecule has 0 saturated carbocycles. The molecule has 1 amide bonds. The maximum atomic E-state index is 12.3. The van der Waals surface area contributed by atoms with Crippen molar-refractivity contribution < 1.29 is 9.53 Å². The number of carbonyl (C=O) groups excluding carboxylic acids is 1. The molecular formula is C13H20N2O2S2. The van der Waals surface area contributed by atoms with Gasteiger partial charge in [0.1, 0.15) is 4.32 Å². The molecule has 0 aromatic carbocycles. The van der Waals surface area contributed by atoms with Gasteiger partial charge in [-0.3, -0.25) is 9.69 Å². The standard InChI is InChI=1S/C13H20N2O2S2/c1-10(2)3-4-15-12(16)11(19-13(15)18)9-14-5-7-17-8-6-14/h9-10H,3-8H2,1-2H3/b11-9-. The smallest absolute Gasteiger partial charge is 0.267 e. The summed E-state index contributed by atoms with van der Waals surface area (Å²) < 4.78 is 5.98. The van der Waals surface area contributed by atoms with Crippen LogP contribution in [0.2, 0.25) is 0 Å². The van der Waals surface area contributed by atoms with E-state index in [-0.39, 0.29) is 5.91 Å². The molecule has 0 aliphatic carbocycles. The van der Waals surface area contributed by atoms with Gasteiger partial charge in [-0.1, -0.05) is 37.8 Å². The van der Waals surface area contributed by atoms with Gasteiger partial charge in [0, 0.05) is 25.8 Å². The van der Waals surface area contributed by atoms with Gasteiger partial charge in [-0.25, -0.2) is 0 Å². The Hall–Kier alpha value is -0.590. The first kappa shape index (κ1) is 14.8. The van der Waals surface area contributed by atoms with E-state index in [1.54, 1.807) is 4.90 Å². The highest BCUT2D eigenvalue weighted by Gasteiger charge is 2.32. The molecule has 0 aromatic heterocycles. The number of hydrogen-bond donors (Lipinski definition) is 0. The topological polar surface area (TPSA) is 32.8 Å². The van der Waals surface area contributed by atoms with E-state index in [9.17, 15) is 4.79 Å². The van der Waals surface area contributed by atoms with Gasteiger partial charge in [-0.2, -0.15) is 0 Å². The molecule has 2 heterocycles. The second-order valence-electron chi connectivity index (χ2n) is 5.15. The van der Waals surface area contributed by atoms with Crippen LogP contribution in [0.25, 0.3) is 0 Å². The monoisotopic (exact) mass is 300 g/mol. The highest BCUT2D eigenvalue weighted by molar-refractivity contribution is 8.26. The summed E-state index contributed by atoms with van der Waals surface area (Å²) in [5.41, 5.74) is 0. The number of rotatable bonds is 4. The molecule has 0 N–H and O–H groups in total. The van der Waals surface area contributed by atoms with Crippen LogP contribution < -0.4 is 0 Å². The van der Waals surface area contributed by atoms with Crippen LogP contribution in [0.5, 0.6) is 0 Å². The molecule has 0 spiro atoms. The molecule has 0 aromatic rings. The second-order valence-corrected chi connectivity index (χ2v) is 6.82. The quantitative estimate of drug-likeness (QED) is 0.586. The zero-order valence-electron chi connectivity index (χ0n) is 11.4. The van der Waals surface area contributed by atoms with Crippen molar-refractivity contribution in [1.82, 2.24) is 9.80 Å². The zero-order valence-corrected chi connectivity index (χ0v) is 13.1. The number of ether oxygens (including phenoxy) is 1. The summed E-state index contributed by atoms with van der Waals surface area (Å²) in [6, 6.07) is 0. The molecular weight excluding hydrogens is 280 g/mol. The van der Waals surface area contributed by atoms with Crippen LogP contribution in [0.1, 0.15) is 20.3 Å². The average molecular weight is 300 g/mol. The van der Waals surface area contributed by atoms with Crippen LogP contribution in [0.4, 0.5) is 0 Å². The summed E-state index contributed by atoms with van der Waals surface area (Å²) in [7, 11) is 0. The Morgan fingerprint density at radius 3 is 2.74 bits per heavy atom. The average Bonchev–Trinajstić information content (AvgIpc) is 2.63. The van der Waals surface area contributed by atoms with Gasteiger partial charge in [0.15, 0.2) is 0 Å². The lowest BCUT2D eigenvalue weighted by Gasteiger charge is -2.25. The van der Waals surface area contributed by atoms with Crippen molar-refractivity contribution in [1.29, 1.82) is 0 Å². The predicted octanol–water partition coefficient (Wildman–Crippen LogP) is 2.07. The highest BCUT2D eigenvalue weighted by atomic mass is 32.2. The fourth-order valence-corrected chi connectivity index (χ4v) is 3.26. The molecule has 6 heteroatoms. The summed E-state index contributed by atoms with van der Waals surface area (Å²) >= 11 is 6.71. The molecule has 0 bridgehead atoms. The van der Waals surface area contributed by atoms with Gasteiger partial charge in [-0.15, -0.1) is 0 Å². The summed E-state index contributed by atoms with van der Waals surface area (Å²) in [4.78, 5) is 16.9.